The van der Waals surface area contributed by atoms with Crippen LogP contribution in [-0.2, 0) is 0 Å². The first-order chi connectivity index (χ1) is 4.83. The molecule has 0 aromatic carbocycles. The highest BCUT2D eigenvalue weighted by Gasteiger charge is 2.36. The van der Waals surface area contributed by atoms with Crippen molar-refractivity contribution < 1.29 is 0 Å². The number of fused-ring (bicyclic) bond motifs is 2. The Kier molecular flexibility index (Phi) is 1.23. The van der Waals surface area contributed by atoms with E-state index in [-0.39, 0.29) is 0 Å². The molecular formula is C10H14. The smallest absolute Gasteiger partial charge is 0.00146 e. The van der Waals surface area contributed by atoms with Gasteiger partial charge in [-0.05, 0) is 31.1 Å². The lowest BCUT2D eigenvalue weighted by atomic mass is 9.90. The van der Waals surface area contributed by atoms with E-state index in [4.69, 9.17) is 0 Å². The van der Waals surface area contributed by atoms with Gasteiger partial charge in [0.25, 0.3) is 0 Å². The first-order valence-electron chi connectivity index (χ1n) is 4.17. The van der Waals surface area contributed by atoms with Gasteiger partial charge in [-0.3, -0.25) is 0 Å². The highest BCUT2D eigenvalue weighted by Crippen LogP contribution is 2.46. The molecule has 2 bridgehead atoms. The van der Waals surface area contributed by atoms with Crippen molar-refractivity contribution in [3.8, 4) is 0 Å². The van der Waals surface area contributed by atoms with Crippen LogP contribution in [0.4, 0.5) is 0 Å². The molecule has 0 radical (unpaired) electrons. The van der Waals surface area contributed by atoms with Crippen molar-refractivity contribution in [2.45, 2.75) is 20.3 Å². The SMILES string of the molecule is C/C=C1/C2C=CC(C2)C1C. The van der Waals surface area contributed by atoms with E-state index in [1.165, 1.54) is 6.42 Å². The maximum atomic E-state index is 2.39. The summed E-state index contributed by atoms with van der Waals surface area (Å²) in [5, 5.41) is 0. The van der Waals surface area contributed by atoms with Gasteiger partial charge in [-0.25, -0.2) is 0 Å². The van der Waals surface area contributed by atoms with Crippen LogP contribution in [0.2, 0.25) is 0 Å². The van der Waals surface area contributed by atoms with Crippen LogP contribution in [0.15, 0.2) is 23.8 Å². The topological polar surface area (TPSA) is 0 Å². The lowest BCUT2D eigenvalue weighted by molar-refractivity contribution is 0.556. The predicted octanol–water partition coefficient (Wildman–Crippen LogP) is 2.77. The quantitative estimate of drug-likeness (QED) is 0.447. The van der Waals surface area contributed by atoms with Gasteiger partial charge in [-0.15, -0.1) is 0 Å². The lowest BCUT2D eigenvalue weighted by Crippen LogP contribution is -2.04. The molecule has 3 atom stereocenters. The van der Waals surface area contributed by atoms with Crippen LogP contribution in [0.3, 0.4) is 0 Å². The van der Waals surface area contributed by atoms with Crippen molar-refractivity contribution >= 4 is 0 Å². The summed E-state index contributed by atoms with van der Waals surface area (Å²) in [6.07, 6.45) is 8.46. The van der Waals surface area contributed by atoms with Gasteiger partial charge in [0.05, 0.1) is 0 Å². The standard InChI is InChI=1S/C10H14/c1-3-10-7(2)8-4-5-9(10)6-8/h3-5,7-9H,6H2,1-2H3/b10-3+. The molecule has 1 fully saturated rings. The number of hydrogen-bond acceptors (Lipinski definition) is 0. The van der Waals surface area contributed by atoms with Crippen molar-refractivity contribution in [1.82, 2.24) is 0 Å². The molecule has 10 heavy (non-hydrogen) atoms. The van der Waals surface area contributed by atoms with E-state index in [9.17, 15) is 0 Å². The summed E-state index contributed by atoms with van der Waals surface area (Å²) < 4.78 is 0. The molecule has 0 aromatic heterocycles. The Morgan fingerprint density at radius 2 is 2.30 bits per heavy atom. The third-order valence-electron chi connectivity index (χ3n) is 3.05. The van der Waals surface area contributed by atoms with Crippen molar-refractivity contribution in [1.29, 1.82) is 0 Å². The summed E-state index contributed by atoms with van der Waals surface area (Å²) in [6.45, 7) is 4.52. The summed E-state index contributed by atoms with van der Waals surface area (Å²) in [5.41, 5.74) is 1.67. The van der Waals surface area contributed by atoms with Gasteiger partial charge in [-0.2, -0.15) is 0 Å². The highest BCUT2D eigenvalue weighted by molar-refractivity contribution is 5.29. The molecule has 1 saturated carbocycles. The Balaban J connectivity index is 2.34. The van der Waals surface area contributed by atoms with Crippen molar-refractivity contribution in [3.63, 3.8) is 0 Å². The molecule has 0 heteroatoms. The predicted molar refractivity (Wildman–Crippen MR) is 43.7 cm³/mol. The first kappa shape index (κ1) is 6.21. The van der Waals surface area contributed by atoms with Crippen LogP contribution in [0.25, 0.3) is 0 Å². The lowest BCUT2D eigenvalue weighted by Gasteiger charge is -2.15. The molecule has 2 rings (SSSR count). The summed E-state index contributed by atoms with van der Waals surface area (Å²) in [5.74, 6) is 2.51. The van der Waals surface area contributed by atoms with E-state index in [0.29, 0.717) is 0 Å². The highest BCUT2D eigenvalue weighted by atomic mass is 14.4. The number of allylic oxidation sites excluding steroid dienone is 4. The minimum absolute atomic E-state index is 0.810. The maximum Gasteiger partial charge on any atom is -0.00146 e. The van der Waals surface area contributed by atoms with Gasteiger partial charge in [0.15, 0.2) is 0 Å². The molecule has 0 spiro atoms. The monoisotopic (exact) mass is 134 g/mol. The molecule has 2 aliphatic carbocycles. The minimum atomic E-state index is 0.810. The summed E-state index contributed by atoms with van der Waals surface area (Å²) in [6, 6.07) is 0. The fraction of sp³-hybridized carbons (Fsp3) is 0.600. The van der Waals surface area contributed by atoms with E-state index in [0.717, 1.165) is 17.8 Å². The molecule has 0 aromatic rings. The van der Waals surface area contributed by atoms with Gasteiger partial charge in [0, 0.05) is 0 Å². The van der Waals surface area contributed by atoms with Crippen LogP contribution < -0.4 is 0 Å². The van der Waals surface area contributed by atoms with Gasteiger partial charge in [-0.1, -0.05) is 30.7 Å². The zero-order chi connectivity index (χ0) is 7.14. The molecular weight excluding hydrogens is 120 g/mol. The zero-order valence-corrected chi connectivity index (χ0v) is 6.67. The Morgan fingerprint density at radius 3 is 2.70 bits per heavy atom. The summed E-state index contributed by atoms with van der Waals surface area (Å²) >= 11 is 0. The fourth-order valence-electron chi connectivity index (χ4n) is 2.41. The number of rotatable bonds is 0. The van der Waals surface area contributed by atoms with E-state index in [1.54, 1.807) is 5.57 Å². The van der Waals surface area contributed by atoms with Crippen molar-refractivity contribution in [3.05, 3.63) is 23.8 Å². The second-order valence-electron chi connectivity index (χ2n) is 3.47. The van der Waals surface area contributed by atoms with Crippen LogP contribution in [0.5, 0.6) is 0 Å². The fourth-order valence-corrected chi connectivity index (χ4v) is 2.41. The van der Waals surface area contributed by atoms with Crippen molar-refractivity contribution in [2.75, 3.05) is 0 Å². The van der Waals surface area contributed by atoms with Crippen LogP contribution in [0.1, 0.15) is 20.3 Å². The van der Waals surface area contributed by atoms with Crippen molar-refractivity contribution in [2.24, 2.45) is 17.8 Å². The van der Waals surface area contributed by atoms with E-state index in [1.807, 2.05) is 0 Å². The molecule has 2 aliphatic rings. The largest absolute Gasteiger partial charge is 0.0876 e. The Bertz CT molecular complexity index is 198. The van der Waals surface area contributed by atoms with Gasteiger partial charge >= 0.3 is 0 Å². The third kappa shape index (κ3) is 0.622. The Labute approximate surface area is 62.6 Å². The first-order valence-corrected chi connectivity index (χ1v) is 4.17. The second kappa shape index (κ2) is 1.98. The third-order valence-corrected chi connectivity index (χ3v) is 3.05. The normalized spacial score (nSPS) is 47.4. The van der Waals surface area contributed by atoms with Gasteiger partial charge < -0.3 is 0 Å². The summed E-state index contributed by atoms with van der Waals surface area (Å²) in [7, 11) is 0. The second-order valence-corrected chi connectivity index (χ2v) is 3.47. The molecule has 3 unspecified atom stereocenters. The molecule has 0 aliphatic heterocycles. The molecule has 0 amide bonds. The molecule has 54 valence electrons. The molecule has 0 N–H and O–H groups in total. The summed E-state index contributed by atoms with van der Waals surface area (Å²) in [4.78, 5) is 0. The van der Waals surface area contributed by atoms with Gasteiger partial charge in [0.2, 0.25) is 0 Å². The van der Waals surface area contributed by atoms with Crippen LogP contribution in [0, 0.1) is 17.8 Å². The maximum absolute atomic E-state index is 2.39. The Hall–Kier alpha value is -0.520. The Morgan fingerprint density at radius 1 is 1.50 bits per heavy atom. The van der Waals surface area contributed by atoms with E-state index in [2.05, 4.69) is 32.1 Å². The minimum Gasteiger partial charge on any atom is -0.0876 e. The average molecular weight is 134 g/mol. The van der Waals surface area contributed by atoms with E-state index >= 15 is 0 Å². The van der Waals surface area contributed by atoms with E-state index < -0.39 is 0 Å². The van der Waals surface area contributed by atoms with Gasteiger partial charge in [0.1, 0.15) is 0 Å². The zero-order valence-electron chi connectivity index (χ0n) is 6.67. The number of hydrogen-bond donors (Lipinski definition) is 0. The molecule has 0 nitrogen and oxygen atoms in total. The molecule has 0 saturated heterocycles. The van der Waals surface area contributed by atoms with Crippen LogP contribution in [-0.4, -0.2) is 0 Å². The average Bonchev–Trinajstić information content (AvgIpc) is 2.46. The van der Waals surface area contributed by atoms with Crippen LogP contribution >= 0.6 is 0 Å². The molecule has 0 heterocycles.